The first-order valence-electron chi connectivity index (χ1n) is 11.8. The lowest BCUT2D eigenvalue weighted by Crippen LogP contribution is -2.64. The van der Waals surface area contributed by atoms with Gasteiger partial charge in [-0.3, -0.25) is 14.4 Å². The van der Waals surface area contributed by atoms with Crippen LogP contribution in [-0.2, 0) is 25.7 Å². The molecule has 0 aliphatic heterocycles. The third kappa shape index (κ3) is 4.55. The molecule has 6 heteroatoms. The van der Waals surface area contributed by atoms with E-state index in [1.54, 1.807) is 11.8 Å². The molecule has 4 atom stereocenters. The summed E-state index contributed by atoms with van der Waals surface area (Å²) in [5.74, 6) is 0.401. The Hall–Kier alpha value is -2.37. The average Bonchev–Trinajstić information content (AvgIpc) is 2.68. The maximum Gasteiger partial charge on any atom is 0.312 e. The minimum atomic E-state index is -0.571. The van der Waals surface area contributed by atoms with Gasteiger partial charge in [0, 0.05) is 24.5 Å². The molecule has 4 bridgehead atoms. The molecule has 4 fully saturated rings. The molecule has 32 heavy (non-hydrogen) atoms. The summed E-state index contributed by atoms with van der Waals surface area (Å²) in [7, 11) is 0. The van der Waals surface area contributed by atoms with Gasteiger partial charge in [0.05, 0.1) is 5.41 Å². The molecule has 5 rings (SSSR count). The Bertz CT molecular complexity index is 875. The molecular formula is C26H36N2O4. The summed E-state index contributed by atoms with van der Waals surface area (Å²) in [6.45, 7) is 7.76. The highest BCUT2D eigenvalue weighted by molar-refractivity contribution is 5.84. The average molecular weight is 441 g/mol. The quantitative estimate of drug-likeness (QED) is 0.682. The van der Waals surface area contributed by atoms with E-state index in [0.29, 0.717) is 24.8 Å². The fourth-order valence-corrected chi connectivity index (χ4v) is 6.84. The van der Waals surface area contributed by atoms with Gasteiger partial charge in [-0.15, -0.1) is 0 Å². The van der Waals surface area contributed by atoms with Crippen molar-refractivity contribution in [3.8, 4) is 0 Å². The fraction of sp³-hybridized carbons (Fsp3) is 0.654. The molecule has 4 saturated carbocycles. The van der Waals surface area contributed by atoms with E-state index in [1.807, 2.05) is 51.1 Å². The van der Waals surface area contributed by atoms with E-state index in [4.69, 9.17) is 4.74 Å². The van der Waals surface area contributed by atoms with Crippen LogP contribution in [0.25, 0.3) is 0 Å². The molecule has 0 spiro atoms. The van der Waals surface area contributed by atoms with Gasteiger partial charge >= 0.3 is 5.97 Å². The zero-order valence-corrected chi connectivity index (χ0v) is 19.8. The van der Waals surface area contributed by atoms with Gasteiger partial charge in [0.1, 0.15) is 0 Å². The Labute approximate surface area is 191 Å². The molecule has 2 amide bonds. The molecule has 2 unspecified atom stereocenters. The Balaban J connectivity index is 1.44. The lowest BCUT2D eigenvalue weighted by Gasteiger charge is -2.60. The molecule has 4 aliphatic carbocycles. The fourth-order valence-electron chi connectivity index (χ4n) is 6.84. The number of amides is 2. The van der Waals surface area contributed by atoms with Gasteiger partial charge in [0.25, 0.3) is 5.91 Å². The summed E-state index contributed by atoms with van der Waals surface area (Å²) in [5, 5.41) is 3.18. The molecule has 4 aliphatic rings. The van der Waals surface area contributed by atoms with Crippen molar-refractivity contribution in [3.63, 3.8) is 0 Å². The van der Waals surface area contributed by atoms with Crippen molar-refractivity contribution < 1.29 is 19.1 Å². The highest BCUT2D eigenvalue weighted by atomic mass is 16.5. The number of rotatable bonds is 6. The van der Waals surface area contributed by atoms with Crippen molar-refractivity contribution >= 4 is 17.8 Å². The topological polar surface area (TPSA) is 75.7 Å². The summed E-state index contributed by atoms with van der Waals surface area (Å²) in [6, 6.07) is 9.86. The second kappa shape index (κ2) is 8.20. The maximum atomic E-state index is 13.4. The molecule has 1 aromatic carbocycles. The number of carbonyl (C=O) groups is 3. The van der Waals surface area contributed by atoms with E-state index in [1.165, 1.54) is 0 Å². The van der Waals surface area contributed by atoms with Crippen LogP contribution in [0.1, 0.15) is 71.8 Å². The van der Waals surface area contributed by atoms with Crippen LogP contribution in [0.15, 0.2) is 30.3 Å². The first-order valence-corrected chi connectivity index (χ1v) is 11.8. The van der Waals surface area contributed by atoms with Gasteiger partial charge in [0.15, 0.2) is 6.61 Å². The first-order chi connectivity index (χ1) is 15.0. The molecule has 1 aromatic rings. The summed E-state index contributed by atoms with van der Waals surface area (Å²) < 4.78 is 5.71. The van der Waals surface area contributed by atoms with E-state index >= 15 is 0 Å². The Morgan fingerprint density at radius 1 is 1.06 bits per heavy atom. The second-order valence-corrected chi connectivity index (χ2v) is 11.4. The Morgan fingerprint density at radius 2 is 1.69 bits per heavy atom. The van der Waals surface area contributed by atoms with Crippen LogP contribution >= 0.6 is 0 Å². The van der Waals surface area contributed by atoms with Crippen LogP contribution < -0.4 is 5.32 Å². The molecule has 174 valence electrons. The van der Waals surface area contributed by atoms with Crippen LogP contribution in [0.5, 0.6) is 0 Å². The monoisotopic (exact) mass is 440 g/mol. The lowest BCUT2D eigenvalue weighted by molar-refractivity contribution is -0.179. The maximum absolute atomic E-state index is 13.4. The zero-order valence-electron chi connectivity index (χ0n) is 19.8. The zero-order chi connectivity index (χ0) is 23.1. The number of carbonyl (C=O) groups excluding carboxylic acids is 3. The Morgan fingerprint density at radius 3 is 2.25 bits per heavy atom. The van der Waals surface area contributed by atoms with Crippen molar-refractivity contribution in [3.05, 3.63) is 35.9 Å². The third-order valence-corrected chi connectivity index (χ3v) is 7.56. The number of ether oxygens (including phenoxy) is 1. The largest absolute Gasteiger partial charge is 0.455 e. The molecule has 0 radical (unpaired) electrons. The van der Waals surface area contributed by atoms with Gasteiger partial charge in [0.2, 0.25) is 5.91 Å². The van der Waals surface area contributed by atoms with Crippen molar-refractivity contribution in [1.29, 1.82) is 0 Å². The summed E-state index contributed by atoms with van der Waals surface area (Å²) in [6.07, 6.45) is 5.28. The summed E-state index contributed by atoms with van der Waals surface area (Å²) in [5.41, 5.74) is -0.210. The normalized spacial score (nSPS) is 30.6. The highest BCUT2D eigenvalue weighted by Gasteiger charge is 2.61. The molecule has 0 saturated heterocycles. The second-order valence-electron chi connectivity index (χ2n) is 11.4. The van der Waals surface area contributed by atoms with E-state index in [-0.39, 0.29) is 29.9 Å². The van der Waals surface area contributed by atoms with Crippen LogP contribution in [0.2, 0.25) is 0 Å². The van der Waals surface area contributed by atoms with Crippen LogP contribution in [0.4, 0.5) is 0 Å². The van der Waals surface area contributed by atoms with Crippen LogP contribution in [0.3, 0.4) is 0 Å². The van der Waals surface area contributed by atoms with Crippen LogP contribution in [0, 0.1) is 17.3 Å². The minimum absolute atomic E-state index is 0.0348. The molecular weight excluding hydrogens is 404 g/mol. The molecule has 6 nitrogen and oxygen atoms in total. The molecule has 0 aromatic heterocycles. The van der Waals surface area contributed by atoms with E-state index in [2.05, 4.69) is 5.32 Å². The SMILES string of the molecule is CC(=O)NC12C[C@H]3C[C@@H](C1)CC(C(=O)OCC(=O)N(Cc1ccccc1)C(C)(C)C)(C3)C2. The standard InChI is InChI=1S/C26H36N2O4/c1-18(29)27-26-13-20-10-21(14-26)12-25(11-20,17-26)23(31)32-16-22(30)28(24(2,3)4)15-19-8-6-5-7-9-19/h5-9,20-21H,10-17H2,1-4H3,(H,27,29)/t20-,21+,25?,26?. The number of hydrogen-bond acceptors (Lipinski definition) is 4. The Kier molecular flexibility index (Phi) is 5.84. The van der Waals surface area contributed by atoms with Gasteiger partial charge in [-0.1, -0.05) is 30.3 Å². The van der Waals surface area contributed by atoms with E-state index < -0.39 is 11.0 Å². The van der Waals surface area contributed by atoms with Gasteiger partial charge < -0.3 is 15.0 Å². The van der Waals surface area contributed by atoms with Crippen molar-refractivity contribution in [2.24, 2.45) is 17.3 Å². The number of nitrogens with one attached hydrogen (secondary N) is 1. The van der Waals surface area contributed by atoms with Crippen LogP contribution in [-0.4, -0.2) is 40.4 Å². The van der Waals surface area contributed by atoms with Crippen molar-refractivity contribution in [1.82, 2.24) is 10.2 Å². The van der Waals surface area contributed by atoms with Gasteiger partial charge in [-0.2, -0.15) is 0 Å². The molecule has 1 N–H and O–H groups in total. The minimum Gasteiger partial charge on any atom is -0.455 e. The number of esters is 1. The highest BCUT2D eigenvalue weighted by Crippen LogP contribution is 2.62. The number of nitrogens with zero attached hydrogens (tertiary/aromatic N) is 1. The number of benzene rings is 1. The number of hydrogen-bond donors (Lipinski definition) is 1. The van der Waals surface area contributed by atoms with E-state index in [9.17, 15) is 14.4 Å². The lowest BCUT2D eigenvalue weighted by atomic mass is 9.47. The predicted molar refractivity (Wildman–Crippen MR) is 121 cm³/mol. The summed E-state index contributed by atoms with van der Waals surface area (Å²) >= 11 is 0. The van der Waals surface area contributed by atoms with Gasteiger partial charge in [-0.05, 0) is 76.7 Å². The van der Waals surface area contributed by atoms with Gasteiger partial charge in [-0.25, -0.2) is 0 Å². The van der Waals surface area contributed by atoms with E-state index in [0.717, 1.165) is 37.7 Å². The predicted octanol–water partition coefficient (Wildman–Crippen LogP) is 3.83. The third-order valence-electron chi connectivity index (χ3n) is 7.56. The van der Waals surface area contributed by atoms with Crippen molar-refractivity contribution in [2.75, 3.05) is 6.61 Å². The summed E-state index contributed by atoms with van der Waals surface area (Å²) in [4.78, 5) is 40.1. The molecule has 0 heterocycles. The smallest absolute Gasteiger partial charge is 0.312 e. The van der Waals surface area contributed by atoms with Crippen molar-refractivity contribution in [2.45, 2.75) is 83.8 Å². The first kappa shape index (κ1) is 22.8.